The van der Waals surface area contributed by atoms with Crippen molar-refractivity contribution in [2.24, 2.45) is 5.73 Å². The number of aryl methyl sites for hydroxylation is 2. The molecule has 1 amide bonds. The normalized spacial score (nSPS) is 11.0. The van der Waals surface area contributed by atoms with Crippen LogP contribution in [0, 0.1) is 5.82 Å². The van der Waals surface area contributed by atoms with Gasteiger partial charge >= 0.3 is 5.97 Å². The molecule has 0 fully saturated rings. The summed E-state index contributed by atoms with van der Waals surface area (Å²) in [4.78, 5) is 28.1. The van der Waals surface area contributed by atoms with E-state index in [0.29, 0.717) is 30.3 Å². The Bertz CT molecular complexity index is 1120. The predicted octanol–water partition coefficient (Wildman–Crippen LogP) is 3.59. The lowest BCUT2D eigenvalue weighted by molar-refractivity contribution is 0.0694. The van der Waals surface area contributed by atoms with Gasteiger partial charge in [0.15, 0.2) is 5.75 Å². The lowest BCUT2D eigenvalue weighted by Gasteiger charge is -2.19. The molecule has 0 spiro atoms. The van der Waals surface area contributed by atoms with Crippen LogP contribution in [0.4, 0.5) is 4.39 Å². The zero-order valence-electron chi connectivity index (χ0n) is 16.1. The van der Waals surface area contributed by atoms with Crippen molar-refractivity contribution in [3.8, 4) is 5.75 Å². The van der Waals surface area contributed by atoms with Gasteiger partial charge in [0.05, 0.1) is 0 Å². The summed E-state index contributed by atoms with van der Waals surface area (Å²) in [5.74, 6) is -3.00. The highest BCUT2D eigenvalue weighted by Gasteiger charge is 2.24. The number of hydrogen-bond acceptors (Lipinski definition) is 4. The molecule has 0 atom stereocenters. The van der Waals surface area contributed by atoms with Crippen LogP contribution in [0.25, 0.3) is 10.9 Å². The van der Waals surface area contributed by atoms with Crippen molar-refractivity contribution in [2.45, 2.75) is 33.1 Å². The minimum atomic E-state index is -1.37. The number of rotatable bonds is 6. The maximum atomic E-state index is 13.3. The molecule has 1 heterocycles. The number of carbonyl (C=O) groups excluding carboxylic acids is 1. The molecular weight excluding hydrogens is 375 g/mol. The van der Waals surface area contributed by atoms with Gasteiger partial charge in [0, 0.05) is 16.6 Å². The number of carboxylic acids is 1. The number of benzene rings is 2. The van der Waals surface area contributed by atoms with E-state index >= 15 is 0 Å². The van der Waals surface area contributed by atoms with Crippen molar-refractivity contribution in [1.29, 1.82) is 0 Å². The molecule has 29 heavy (non-hydrogen) atoms. The molecule has 0 aliphatic carbocycles. The lowest BCUT2D eigenvalue weighted by Crippen LogP contribution is -2.16. The monoisotopic (exact) mass is 396 g/mol. The Labute approximate surface area is 166 Å². The first-order valence-corrected chi connectivity index (χ1v) is 9.26. The Morgan fingerprint density at radius 1 is 1.07 bits per heavy atom. The van der Waals surface area contributed by atoms with Gasteiger partial charge in [-0.2, -0.15) is 0 Å². The Balaban J connectivity index is 2.39. The summed E-state index contributed by atoms with van der Waals surface area (Å²) in [6, 6.07) is 7.20. The van der Waals surface area contributed by atoms with E-state index in [1.54, 1.807) is 12.1 Å². The number of aromatic nitrogens is 1. The first-order chi connectivity index (χ1) is 13.8. The van der Waals surface area contributed by atoms with Crippen LogP contribution in [-0.4, -0.2) is 27.1 Å². The summed E-state index contributed by atoms with van der Waals surface area (Å²) in [6.45, 7) is 3.80. The largest absolute Gasteiger partial charge is 0.505 e. The fourth-order valence-corrected chi connectivity index (χ4v) is 3.66. The molecule has 0 unspecified atom stereocenters. The van der Waals surface area contributed by atoms with Gasteiger partial charge in [-0.1, -0.05) is 26.0 Å². The third-order valence-corrected chi connectivity index (χ3v) is 5.01. The van der Waals surface area contributed by atoms with Gasteiger partial charge in [-0.3, -0.25) is 4.79 Å². The van der Waals surface area contributed by atoms with Gasteiger partial charge in [0.2, 0.25) is 5.91 Å². The third kappa shape index (κ3) is 3.63. The van der Waals surface area contributed by atoms with Crippen LogP contribution in [-0.2, 0) is 19.3 Å². The summed E-state index contributed by atoms with van der Waals surface area (Å²) >= 11 is 0. The Morgan fingerprint density at radius 2 is 1.72 bits per heavy atom. The van der Waals surface area contributed by atoms with Crippen molar-refractivity contribution in [2.75, 3.05) is 0 Å². The smallest absolute Gasteiger partial charge is 0.339 e. The molecule has 4 N–H and O–H groups in total. The van der Waals surface area contributed by atoms with Crippen LogP contribution in [0.5, 0.6) is 5.75 Å². The summed E-state index contributed by atoms with van der Waals surface area (Å²) < 4.78 is 13.3. The number of aromatic carboxylic acids is 1. The predicted molar refractivity (Wildman–Crippen MR) is 107 cm³/mol. The van der Waals surface area contributed by atoms with Gasteiger partial charge in [0.1, 0.15) is 16.9 Å². The fraction of sp³-hybridized carbons (Fsp3) is 0.227. The van der Waals surface area contributed by atoms with Crippen molar-refractivity contribution in [1.82, 2.24) is 4.98 Å². The second-order valence-corrected chi connectivity index (χ2v) is 6.74. The van der Waals surface area contributed by atoms with E-state index in [-0.39, 0.29) is 16.9 Å². The molecule has 0 radical (unpaired) electrons. The molecule has 0 aliphatic rings. The number of hydrogen-bond donors (Lipinski definition) is 3. The average molecular weight is 396 g/mol. The highest BCUT2D eigenvalue weighted by molar-refractivity contribution is 6.12. The van der Waals surface area contributed by atoms with Crippen molar-refractivity contribution in [3.05, 3.63) is 69.7 Å². The molecule has 3 rings (SSSR count). The number of phenols is 1. The van der Waals surface area contributed by atoms with Crippen LogP contribution in [0.1, 0.15) is 56.9 Å². The van der Waals surface area contributed by atoms with Crippen LogP contribution < -0.4 is 5.73 Å². The lowest BCUT2D eigenvalue weighted by atomic mass is 9.89. The highest BCUT2D eigenvalue weighted by atomic mass is 19.1. The third-order valence-electron chi connectivity index (χ3n) is 5.01. The molecule has 1 aromatic heterocycles. The SMILES string of the molecule is CCc1nc2c(O)c(C(=O)O)cc(C(N)=O)c2c(CC)c1Cc1ccc(F)cc1. The number of primary amides is 1. The number of carboxylic acid groups (broad SMARTS) is 1. The summed E-state index contributed by atoms with van der Waals surface area (Å²) in [5, 5.41) is 20.3. The van der Waals surface area contributed by atoms with E-state index in [2.05, 4.69) is 4.98 Å². The molecule has 6 nitrogen and oxygen atoms in total. The summed E-state index contributed by atoms with van der Waals surface area (Å²) in [7, 11) is 0. The van der Waals surface area contributed by atoms with Crippen LogP contribution in [0.2, 0.25) is 0 Å². The number of halogens is 1. The van der Waals surface area contributed by atoms with Gasteiger partial charge in [-0.05, 0) is 54.2 Å². The Kier molecular flexibility index (Phi) is 5.50. The van der Waals surface area contributed by atoms with E-state index in [1.807, 2.05) is 13.8 Å². The molecule has 0 aliphatic heterocycles. The minimum absolute atomic E-state index is 0.00237. The quantitative estimate of drug-likeness (QED) is 0.589. The van der Waals surface area contributed by atoms with Gasteiger partial charge < -0.3 is 15.9 Å². The van der Waals surface area contributed by atoms with E-state index in [4.69, 9.17) is 5.73 Å². The second kappa shape index (κ2) is 7.87. The maximum absolute atomic E-state index is 13.3. The molecule has 7 heteroatoms. The number of fused-ring (bicyclic) bond motifs is 1. The summed E-state index contributed by atoms with van der Waals surface area (Å²) in [5.41, 5.74) is 8.32. The number of amides is 1. The van der Waals surface area contributed by atoms with Crippen LogP contribution in [0.15, 0.2) is 30.3 Å². The maximum Gasteiger partial charge on any atom is 0.339 e. The van der Waals surface area contributed by atoms with Gasteiger partial charge in [0.25, 0.3) is 0 Å². The zero-order valence-corrected chi connectivity index (χ0v) is 16.1. The molecule has 0 saturated heterocycles. The first-order valence-electron chi connectivity index (χ1n) is 9.26. The number of pyridine rings is 1. The van der Waals surface area contributed by atoms with Crippen LogP contribution >= 0.6 is 0 Å². The Morgan fingerprint density at radius 3 is 2.24 bits per heavy atom. The van der Waals surface area contributed by atoms with E-state index < -0.39 is 23.2 Å². The van der Waals surface area contributed by atoms with Crippen molar-refractivity contribution in [3.63, 3.8) is 0 Å². The van der Waals surface area contributed by atoms with Gasteiger partial charge in [-0.15, -0.1) is 0 Å². The number of aromatic hydroxyl groups is 1. The molecule has 3 aromatic rings. The topological polar surface area (TPSA) is 114 Å². The average Bonchev–Trinajstić information content (AvgIpc) is 2.69. The fourth-order valence-electron chi connectivity index (χ4n) is 3.66. The van der Waals surface area contributed by atoms with E-state index in [9.17, 15) is 24.2 Å². The number of nitrogens with zero attached hydrogens (tertiary/aromatic N) is 1. The zero-order chi connectivity index (χ0) is 21.3. The first kappa shape index (κ1) is 20.3. The second-order valence-electron chi connectivity index (χ2n) is 6.74. The molecule has 2 aromatic carbocycles. The molecule has 150 valence electrons. The molecule has 0 bridgehead atoms. The molecule has 0 saturated carbocycles. The highest BCUT2D eigenvalue weighted by Crippen LogP contribution is 2.36. The standard InChI is InChI=1S/C22H21FN2O4/c1-3-13-14(9-11-5-7-12(23)8-6-11)17(4-2)25-19-18(13)15(21(24)27)10-16(20(19)26)22(28)29/h5-8,10,26H,3-4,9H2,1-2H3,(H2,24,27)(H,28,29). The van der Waals surface area contributed by atoms with E-state index in [0.717, 1.165) is 22.8 Å². The minimum Gasteiger partial charge on any atom is -0.505 e. The summed E-state index contributed by atoms with van der Waals surface area (Å²) in [6.07, 6.45) is 1.49. The van der Waals surface area contributed by atoms with Crippen LogP contribution in [0.3, 0.4) is 0 Å². The van der Waals surface area contributed by atoms with Crippen molar-refractivity contribution < 1.29 is 24.2 Å². The number of carbonyl (C=O) groups is 2. The van der Waals surface area contributed by atoms with Crippen molar-refractivity contribution >= 4 is 22.8 Å². The number of nitrogens with two attached hydrogens (primary N) is 1. The van der Waals surface area contributed by atoms with Gasteiger partial charge in [-0.25, -0.2) is 14.2 Å². The Hall–Kier alpha value is -3.48. The molecular formula is C22H21FN2O4. The van der Waals surface area contributed by atoms with E-state index in [1.165, 1.54) is 12.1 Å².